The number of aromatic nitrogens is 3. The summed E-state index contributed by atoms with van der Waals surface area (Å²) < 4.78 is 7.25. The van der Waals surface area contributed by atoms with Crippen LogP contribution in [0.25, 0.3) is 5.69 Å². The van der Waals surface area contributed by atoms with Gasteiger partial charge in [0.1, 0.15) is 18.4 Å². The molecule has 1 atom stereocenters. The molecule has 2 aromatic heterocycles. The fourth-order valence-electron chi connectivity index (χ4n) is 3.34. The monoisotopic (exact) mass is 351 g/mol. The van der Waals surface area contributed by atoms with Gasteiger partial charge in [-0.15, -0.1) is 0 Å². The second-order valence-electron chi connectivity index (χ2n) is 6.37. The number of amides is 1. The quantitative estimate of drug-likeness (QED) is 0.738. The molecule has 0 radical (unpaired) electrons. The first-order chi connectivity index (χ1) is 12.8. The average molecular weight is 351 g/mol. The summed E-state index contributed by atoms with van der Waals surface area (Å²) in [7, 11) is 0. The molecule has 0 unspecified atom stereocenters. The molecule has 1 fully saturated rings. The molecule has 26 heavy (non-hydrogen) atoms. The number of rotatable bonds is 6. The Kier molecular flexibility index (Phi) is 4.79. The minimum absolute atomic E-state index is 0.0749. The maximum atomic E-state index is 12.5. The van der Waals surface area contributed by atoms with Crippen LogP contribution in [0.15, 0.2) is 59.7 Å². The summed E-state index contributed by atoms with van der Waals surface area (Å²) in [6, 6.07) is 11.2. The largest absolute Gasteiger partial charge is 0.468 e. The highest BCUT2D eigenvalue weighted by Gasteiger charge is 2.26. The summed E-state index contributed by atoms with van der Waals surface area (Å²) in [5.74, 6) is 0.805. The second-order valence-corrected chi connectivity index (χ2v) is 6.37. The molecule has 3 heterocycles. The van der Waals surface area contributed by atoms with Crippen LogP contribution in [0.4, 0.5) is 0 Å². The molecule has 1 aliphatic rings. The predicted molar refractivity (Wildman–Crippen MR) is 95.9 cm³/mol. The Labute approximate surface area is 151 Å². The fourth-order valence-corrected chi connectivity index (χ4v) is 3.34. The molecule has 3 aromatic rings. The van der Waals surface area contributed by atoms with E-state index >= 15 is 0 Å². The van der Waals surface area contributed by atoms with Crippen molar-refractivity contribution in [2.75, 3.05) is 19.6 Å². The Bertz CT molecular complexity index is 821. The Morgan fingerprint density at radius 3 is 2.65 bits per heavy atom. The molecule has 0 saturated carbocycles. The van der Waals surface area contributed by atoms with Crippen molar-refractivity contribution in [3.63, 3.8) is 0 Å². The number of hydrogen-bond acceptors (Lipinski definition) is 5. The molecule has 1 N–H and O–H groups in total. The molecule has 7 heteroatoms. The van der Waals surface area contributed by atoms with E-state index in [4.69, 9.17) is 4.42 Å². The normalized spacial score (nSPS) is 15.8. The molecule has 1 saturated heterocycles. The SMILES string of the molecule is O=C(NC[C@H](c1ccco1)N1CCCC1)c1ccc(-n2cncn2)cc1. The number of likely N-dealkylation sites (tertiary alicyclic amines) is 1. The molecule has 1 aliphatic heterocycles. The Morgan fingerprint density at radius 1 is 1.19 bits per heavy atom. The lowest BCUT2D eigenvalue weighted by Gasteiger charge is -2.26. The lowest BCUT2D eigenvalue weighted by molar-refractivity contribution is 0.0934. The van der Waals surface area contributed by atoms with Gasteiger partial charge in [0.05, 0.1) is 18.0 Å². The van der Waals surface area contributed by atoms with Gasteiger partial charge >= 0.3 is 0 Å². The van der Waals surface area contributed by atoms with Crippen molar-refractivity contribution in [2.24, 2.45) is 0 Å². The standard InChI is InChI=1S/C19H21N5O2/c25-19(15-5-7-16(8-6-15)24-14-20-13-22-24)21-12-17(18-4-3-11-26-18)23-9-1-2-10-23/h3-8,11,13-14,17H,1-2,9-10,12H2,(H,21,25)/t17-/m1/s1. The van der Waals surface area contributed by atoms with E-state index in [1.54, 1.807) is 29.4 Å². The van der Waals surface area contributed by atoms with E-state index in [1.165, 1.54) is 19.2 Å². The average Bonchev–Trinajstić information content (AvgIpc) is 3.45. The summed E-state index contributed by atoms with van der Waals surface area (Å²) in [6.45, 7) is 2.60. The molecule has 0 spiro atoms. The van der Waals surface area contributed by atoms with E-state index in [0.29, 0.717) is 12.1 Å². The number of carbonyl (C=O) groups is 1. The zero-order valence-corrected chi connectivity index (χ0v) is 14.4. The van der Waals surface area contributed by atoms with Gasteiger partial charge in [-0.05, 0) is 62.3 Å². The zero-order valence-electron chi connectivity index (χ0n) is 14.4. The van der Waals surface area contributed by atoms with Crippen LogP contribution in [0.3, 0.4) is 0 Å². The van der Waals surface area contributed by atoms with E-state index < -0.39 is 0 Å². The van der Waals surface area contributed by atoms with E-state index in [9.17, 15) is 4.79 Å². The number of hydrogen-bond donors (Lipinski definition) is 1. The number of carbonyl (C=O) groups excluding carboxylic acids is 1. The van der Waals surface area contributed by atoms with Crippen LogP contribution in [0.5, 0.6) is 0 Å². The van der Waals surface area contributed by atoms with Crippen LogP contribution in [0, 0.1) is 0 Å². The molecule has 0 aliphatic carbocycles. The smallest absolute Gasteiger partial charge is 0.251 e. The minimum Gasteiger partial charge on any atom is -0.468 e. The van der Waals surface area contributed by atoms with Gasteiger partial charge in [0.2, 0.25) is 0 Å². The van der Waals surface area contributed by atoms with Crippen LogP contribution in [-0.4, -0.2) is 45.2 Å². The van der Waals surface area contributed by atoms with Crippen molar-refractivity contribution in [3.8, 4) is 5.69 Å². The molecule has 1 amide bonds. The van der Waals surface area contributed by atoms with Crippen LogP contribution in [0.1, 0.15) is 35.0 Å². The van der Waals surface area contributed by atoms with Gasteiger partial charge in [-0.25, -0.2) is 9.67 Å². The third-order valence-corrected chi connectivity index (χ3v) is 4.72. The summed E-state index contributed by atoms with van der Waals surface area (Å²) >= 11 is 0. The van der Waals surface area contributed by atoms with Gasteiger partial charge in [0, 0.05) is 12.1 Å². The Balaban J connectivity index is 1.42. The van der Waals surface area contributed by atoms with Crippen LogP contribution in [0.2, 0.25) is 0 Å². The lowest BCUT2D eigenvalue weighted by Crippen LogP contribution is -2.36. The molecule has 7 nitrogen and oxygen atoms in total. The van der Waals surface area contributed by atoms with E-state index in [-0.39, 0.29) is 11.9 Å². The highest BCUT2D eigenvalue weighted by Crippen LogP contribution is 2.25. The van der Waals surface area contributed by atoms with E-state index in [0.717, 1.165) is 24.5 Å². The number of benzene rings is 1. The van der Waals surface area contributed by atoms with Gasteiger partial charge in [0.15, 0.2) is 0 Å². The van der Waals surface area contributed by atoms with Crippen molar-refractivity contribution in [3.05, 3.63) is 66.6 Å². The minimum atomic E-state index is -0.0918. The molecule has 4 rings (SSSR count). The zero-order chi connectivity index (χ0) is 17.8. The number of furan rings is 1. The first-order valence-electron chi connectivity index (χ1n) is 8.82. The Morgan fingerprint density at radius 2 is 2.00 bits per heavy atom. The summed E-state index contributed by atoms with van der Waals surface area (Å²) in [5, 5.41) is 7.13. The molecular weight excluding hydrogens is 330 g/mol. The summed E-state index contributed by atoms with van der Waals surface area (Å²) in [5.41, 5.74) is 1.48. The van der Waals surface area contributed by atoms with Crippen molar-refractivity contribution >= 4 is 5.91 Å². The Hall–Kier alpha value is -2.93. The number of nitrogens with zero attached hydrogens (tertiary/aromatic N) is 4. The van der Waals surface area contributed by atoms with Gasteiger partial charge in [-0.3, -0.25) is 9.69 Å². The van der Waals surface area contributed by atoms with Gasteiger partial charge in [-0.2, -0.15) is 5.10 Å². The number of nitrogens with one attached hydrogen (secondary N) is 1. The van der Waals surface area contributed by atoms with Crippen molar-refractivity contribution in [2.45, 2.75) is 18.9 Å². The highest BCUT2D eigenvalue weighted by atomic mass is 16.3. The first-order valence-corrected chi connectivity index (χ1v) is 8.82. The van der Waals surface area contributed by atoms with Crippen molar-refractivity contribution < 1.29 is 9.21 Å². The lowest BCUT2D eigenvalue weighted by atomic mass is 10.1. The maximum Gasteiger partial charge on any atom is 0.251 e. The summed E-state index contributed by atoms with van der Waals surface area (Å²) in [4.78, 5) is 18.8. The van der Waals surface area contributed by atoms with E-state index in [1.807, 2.05) is 24.3 Å². The van der Waals surface area contributed by atoms with Crippen LogP contribution in [-0.2, 0) is 0 Å². The van der Waals surface area contributed by atoms with Gasteiger partial charge in [-0.1, -0.05) is 0 Å². The fraction of sp³-hybridized carbons (Fsp3) is 0.316. The highest BCUT2D eigenvalue weighted by molar-refractivity contribution is 5.94. The predicted octanol–water partition coefficient (Wildman–Crippen LogP) is 2.43. The topological polar surface area (TPSA) is 76.2 Å². The molecule has 0 bridgehead atoms. The van der Waals surface area contributed by atoms with Gasteiger partial charge < -0.3 is 9.73 Å². The van der Waals surface area contributed by atoms with Crippen molar-refractivity contribution in [1.82, 2.24) is 25.0 Å². The molecular formula is C19H21N5O2. The molecule has 1 aromatic carbocycles. The third kappa shape index (κ3) is 3.52. The second kappa shape index (κ2) is 7.53. The maximum absolute atomic E-state index is 12.5. The molecule has 134 valence electrons. The van der Waals surface area contributed by atoms with Crippen molar-refractivity contribution in [1.29, 1.82) is 0 Å². The van der Waals surface area contributed by atoms with Crippen LogP contribution >= 0.6 is 0 Å². The van der Waals surface area contributed by atoms with Crippen LogP contribution < -0.4 is 5.32 Å². The van der Waals surface area contributed by atoms with Gasteiger partial charge in [0.25, 0.3) is 5.91 Å². The summed E-state index contributed by atoms with van der Waals surface area (Å²) in [6.07, 6.45) is 7.17. The third-order valence-electron chi connectivity index (χ3n) is 4.72. The first kappa shape index (κ1) is 16.5. The van der Waals surface area contributed by atoms with E-state index in [2.05, 4.69) is 20.3 Å².